The summed E-state index contributed by atoms with van der Waals surface area (Å²) in [4.78, 5) is 28.3. The van der Waals surface area contributed by atoms with E-state index in [2.05, 4.69) is 10.3 Å². The number of carbonyl (C=O) groups is 2. The van der Waals surface area contributed by atoms with Gasteiger partial charge in [0.05, 0.1) is 11.3 Å². The molecule has 1 unspecified atom stereocenters. The van der Waals surface area contributed by atoms with Crippen molar-refractivity contribution in [1.29, 1.82) is 0 Å². The number of nitrogens with zero attached hydrogens (tertiary/aromatic N) is 1. The van der Waals surface area contributed by atoms with Crippen LogP contribution in [0.25, 0.3) is 0 Å². The zero-order chi connectivity index (χ0) is 18.0. The fourth-order valence-corrected chi connectivity index (χ4v) is 3.65. The third kappa shape index (κ3) is 2.03. The van der Waals surface area contributed by atoms with Crippen molar-refractivity contribution in [2.75, 3.05) is 0 Å². The van der Waals surface area contributed by atoms with Crippen molar-refractivity contribution in [2.24, 2.45) is 0 Å². The molecule has 1 spiro atoms. The van der Waals surface area contributed by atoms with Gasteiger partial charge in [-0.15, -0.1) is 0 Å². The molecule has 0 saturated heterocycles. The molecular formula is C17H10F4N2O2. The van der Waals surface area contributed by atoms with E-state index in [-0.39, 0.29) is 35.2 Å². The van der Waals surface area contributed by atoms with E-state index in [1.54, 1.807) is 0 Å². The minimum absolute atomic E-state index is 0.0453. The van der Waals surface area contributed by atoms with E-state index in [0.29, 0.717) is 6.07 Å². The molecule has 1 atom stereocenters. The number of rotatable bonds is 0. The maximum atomic E-state index is 14.1. The minimum Gasteiger partial charge on any atom is -0.291 e. The SMILES string of the molecule is O=C1NC(=O)C2(CCc3c(F)cccc32)c2nc(C(F)(F)F)ccc21. The zero-order valence-corrected chi connectivity index (χ0v) is 12.6. The molecule has 0 bridgehead atoms. The molecule has 25 heavy (non-hydrogen) atoms. The predicted molar refractivity (Wildman–Crippen MR) is 77.2 cm³/mol. The van der Waals surface area contributed by atoms with Gasteiger partial charge in [0.25, 0.3) is 5.91 Å². The Morgan fingerprint density at radius 1 is 1.12 bits per heavy atom. The molecule has 4 nitrogen and oxygen atoms in total. The Hall–Kier alpha value is -2.77. The summed E-state index contributed by atoms with van der Waals surface area (Å²) in [5.74, 6) is -2.12. The fourth-order valence-electron chi connectivity index (χ4n) is 3.65. The van der Waals surface area contributed by atoms with Gasteiger partial charge in [-0.3, -0.25) is 14.9 Å². The number of aromatic nitrogens is 1. The van der Waals surface area contributed by atoms with Gasteiger partial charge in [0, 0.05) is 0 Å². The Kier molecular flexibility index (Phi) is 3.07. The molecule has 8 heteroatoms. The Morgan fingerprint density at radius 3 is 2.60 bits per heavy atom. The number of benzene rings is 1. The van der Waals surface area contributed by atoms with Crippen LogP contribution in [-0.4, -0.2) is 16.8 Å². The summed E-state index contributed by atoms with van der Waals surface area (Å²) in [6.07, 6.45) is -4.51. The molecule has 2 aliphatic rings. The van der Waals surface area contributed by atoms with Crippen LogP contribution in [0.15, 0.2) is 30.3 Å². The highest BCUT2D eigenvalue weighted by Crippen LogP contribution is 2.47. The van der Waals surface area contributed by atoms with Crippen LogP contribution in [0.2, 0.25) is 0 Å². The van der Waals surface area contributed by atoms with Crippen molar-refractivity contribution in [3.63, 3.8) is 0 Å². The molecule has 1 aliphatic carbocycles. The first-order valence-electron chi connectivity index (χ1n) is 7.47. The maximum absolute atomic E-state index is 14.1. The highest BCUT2D eigenvalue weighted by atomic mass is 19.4. The van der Waals surface area contributed by atoms with Crippen molar-refractivity contribution >= 4 is 11.8 Å². The number of amides is 2. The smallest absolute Gasteiger partial charge is 0.291 e. The number of pyridine rings is 1. The topological polar surface area (TPSA) is 59.1 Å². The summed E-state index contributed by atoms with van der Waals surface area (Å²) in [7, 11) is 0. The van der Waals surface area contributed by atoms with Gasteiger partial charge < -0.3 is 0 Å². The van der Waals surface area contributed by atoms with Gasteiger partial charge in [0.1, 0.15) is 16.9 Å². The van der Waals surface area contributed by atoms with Crippen LogP contribution < -0.4 is 5.32 Å². The number of halogens is 4. The standard InChI is InChI=1S/C17H10F4N2O2/c18-11-3-1-2-10-8(11)6-7-16(10)13-9(14(24)23-15(16)25)4-5-12(22-13)17(19,20)21/h1-5H,6-7H2,(H,23,24,25). The van der Waals surface area contributed by atoms with Gasteiger partial charge in [-0.25, -0.2) is 9.37 Å². The number of imide groups is 1. The highest BCUT2D eigenvalue weighted by molar-refractivity contribution is 6.14. The lowest BCUT2D eigenvalue weighted by atomic mass is 9.73. The average Bonchev–Trinajstić information content (AvgIpc) is 2.94. The van der Waals surface area contributed by atoms with E-state index < -0.39 is 34.9 Å². The van der Waals surface area contributed by atoms with E-state index in [9.17, 15) is 27.2 Å². The second-order valence-electron chi connectivity index (χ2n) is 6.04. The predicted octanol–water partition coefficient (Wildman–Crippen LogP) is 2.74. The first-order chi connectivity index (χ1) is 11.7. The molecule has 4 rings (SSSR count). The van der Waals surface area contributed by atoms with Crippen molar-refractivity contribution in [3.05, 3.63) is 64.2 Å². The summed E-state index contributed by atoms with van der Waals surface area (Å²) in [6, 6.07) is 5.81. The number of fused-ring (bicyclic) bond motifs is 4. The molecule has 0 radical (unpaired) electrons. The van der Waals surface area contributed by atoms with Crippen LogP contribution in [0, 0.1) is 5.82 Å². The molecule has 0 fully saturated rings. The monoisotopic (exact) mass is 350 g/mol. The second kappa shape index (κ2) is 4.87. The van der Waals surface area contributed by atoms with Crippen molar-refractivity contribution in [3.8, 4) is 0 Å². The van der Waals surface area contributed by atoms with E-state index in [0.717, 1.165) is 6.07 Å². The fraction of sp³-hybridized carbons (Fsp3) is 0.235. The highest BCUT2D eigenvalue weighted by Gasteiger charge is 2.54. The van der Waals surface area contributed by atoms with Crippen LogP contribution >= 0.6 is 0 Å². The lowest BCUT2D eigenvalue weighted by Crippen LogP contribution is -2.52. The molecule has 2 aromatic rings. The van der Waals surface area contributed by atoms with Gasteiger partial charge in [0.15, 0.2) is 0 Å². The third-order valence-corrected chi connectivity index (χ3v) is 4.78. The summed E-state index contributed by atoms with van der Waals surface area (Å²) in [5, 5.41) is 2.17. The maximum Gasteiger partial charge on any atom is 0.433 e. The van der Waals surface area contributed by atoms with Crippen LogP contribution in [0.4, 0.5) is 17.6 Å². The van der Waals surface area contributed by atoms with Gasteiger partial charge in [-0.2, -0.15) is 13.2 Å². The summed E-state index contributed by atoms with van der Waals surface area (Å²) in [5.41, 5.74) is -2.65. The normalized spacial score (nSPS) is 21.9. The molecule has 1 N–H and O–H groups in total. The molecule has 2 amide bonds. The third-order valence-electron chi connectivity index (χ3n) is 4.78. The number of alkyl halides is 3. The average molecular weight is 350 g/mol. The van der Waals surface area contributed by atoms with Gasteiger partial charge >= 0.3 is 6.18 Å². The van der Waals surface area contributed by atoms with Crippen molar-refractivity contribution in [2.45, 2.75) is 24.4 Å². The number of nitrogens with one attached hydrogen (secondary N) is 1. The minimum atomic E-state index is -4.73. The van der Waals surface area contributed by atoms with Crippen molar-refractivity contribution in [1.82, 2.24) is 10.3 Å². The number of hydrogen-bond acceptors (Lipinski definition) is 3. The first kappa shape index (κ1) is 15.7. The Balaban J connectivity index is 2.04. The van der Waals surface area contributed by atoms with Gasteiger partial charge in [-0.05, 0) is 42.2 Å². The molecule has 0 saturated carbocycles. The summed E-state index contributed by atoms with van der Waals surface area (Å²) >= 11 is 0. The zero-order valence-electron chi connectivity index (χ0n) is 12.6. The van der Waals surface area contributed by atoms with Gasteiger partial charge in [-0.1, -0.05) is 12.1 Å². The Morgan fingerprint density at radius 2 is 1.88 bits per heavy atom. The van der Waals surface area contributed by atoms with Gasteiger partial charge in [0.2, 0.25) is 5.91 Å². The summed E-state index contributed by atoms with van der Waals surface area (Å²) in [6.45, 7) is 0. The molecule has 2 heterocycles. The number of hydrogen-bond donors (Lipinski definition) is 1. The van der Waals surface area contributed by atoms with E-state index >= 15 is 0 Å². The molecule has 1 aromatic heterocycles. The molecule has 128 valence electrons. The lowest BCUT2D eigenvalue weighted by Gasteiger charge is -2.34. The first-order valence-corrected chi connectivity index (χ1v) is 7.47. The van der Waals surface area contributed by atoms with E-state index in [1.165, 1.54) is 18.2 Å². The lowest BCUT2D eigenvalue weighted by molar-refractivity contribution is -0.141. The quantitative estimate of drug-likeness (QED) is 0.587. The Labute approximate surface area is 138 Å². The van der Waals surface area contributed by atoms with E-state index in [1.807, 2.05) is 0 Å². The van der Waals surface area contributed by atoms with E-state index in [4.69, 9.17) is 0 Å². The second-order valence-corrected chi connectivity index (χ2v) is 6.04. The summed E-state index contributed by atoms with van der Waals surface area (Å²) < 4.78 is 53.3. The van der Waals surface area contributed by atoms with Crippen LogP contribution in [0.3, 0.4) is 0 Å². The largest absolute Gasteiger partial charge is 0.433 e. The van der Waals surface area contributed by atoms with Crippen LogP contribution in [-0.2, 0) is 22.8 Å². The molecule has 1 aromatic carbocycles. The van der Waals surface area contributed by atoms with Crippen molar-refractivity contribution < 1.29 is 27.2 Å². The number of carbonyl (C=O) groups excluding carboxylic acids is 2. The molecule has 1 aliphatic heterocycles. The Bertz CT molecular complexity index is 939. The van der Waals surface area contributed by atoms with Crippen LogP contribution in [0.5, 0.6) is 0 Å². The molecular weight excluding hydrogens is 340 g/mol. The van der Waals surface area contributed by atoms with Crippen LogP contribution in [0.1, 0.15) is 39.3 Å².